The topological polar surface area (TPSA) is 117 Å². The Bertz CT molecular complexity index is 569. The summed E-state index contributed by atoms with van der Waals surface area (Å²) in [6.07, 6.45) is 4.21. The minimum absolute atomic E-state index is 0.119. The molecule has 0 spiro atoms. The van der Waals surface area contributed by atoms with Gasteiger partial charge < -0.3 is 15.1 Å². The molecule has 1 heterocycles. The van der Waals surface area contributed by atoms with E-state index in [0.717, 1.165) is 25.1 Å². The quantitative estimate of drug-likeness (QED) is 0.623. The SMILES string of the molecule is CN(CC1(O)CCCC1)c1ncc([N+](=O)[O-])cc1C(=O)O. The van der Waals surface area contributed by atoms with E-state index in [9.17, 15) is 25.1 Å². The van der Waals surface area contributed by atoms with Crippen molar-refractivity contribution in [1.82, 2.24) is 4.98 Å². The molecule has 1 fully saturated rings. The Morgan fingerprint density at radius 1 is 1.52 bits per heavy atom. The Hall–Kier alpha value is -2.22. The van der Waals surface area contributed by atoms with Crippen LogP contribution in [0.15, 0.2) is 12.3 Å². The van der Waals surface area contributed by atoms with Crippen molar-refractivity contribution in [2.75, 3.05) is 18.5 Å². The van der Waals surface area contributed by atoms with Gasteiger partial charge in [-0.15, -0.1) is 0 Å². The van der Waals surface area contributed by atoms with E-state index in [0.29, 0.717) is 12.8 Å². The number of aromatic carboxylic acids is 1. The number of nitro groups is 1. The van der Waals surface area contributed by atoms with Gasteiger partial charge in [-0.05, 0) is 12.8 Å². The minimum atomic E-state index is -1.29. The van der Waals surface area contributed by atoms with Crippen LogP contribution in [0.1, 0.15) is 36.0 Å². The predicted molar refractivity (Wildman–Crippen MR) is 74.5 cm³/mol. The summed E-state index contributed by atoms with van der Waals surface area (Å²) < 4.78 is 0. The third kappa shape index (κ3) is 3.27. The highest BCUT2D eigenvalue weighted by molar-refractivity contribution is 5.94. The molecule has 0 aromatic carbocycles. The van der Waals surface area contributed by atoms with E-state index in [2.05, 4.69) is 4.98 Å². The van der Waals surface area contributed by atoms with E-state index in [4.69, 9.17) is 0 Å². The van der Waals surface area contributed by atoms with Crippen molar-refractivity contribution < 1.29 is 19.9 Å². The number of nitrogens with zero attached hydrogens (tertiary/aromatic N) is 3. The van der Waals surface area contributed by atoms with E-state index in [1.807, 2.05) is 0 Å². The molecular formula is C13H17N3O5. The van der Waals surface area contributed by atoms with E-state index in [1.165, 1.54) is 0 Å². The van der Waals surface area contributed by atoms with Crippen LogP contribution in [0.5, 0.6) is 0 Å². The molecule has 0 radical (unpaired) electrons. The minimum Gasteiger partial charge on any atom is -0.478 e. The first-order valence-corrected chi connectivity index (χ1v) is 6.64. The summed E-state index contributed by atoms with van der Waals surface area (Å²) in [6.45, 7) is 0.248. The number of hydrogen-bond donors (Lipinski definition) is 2. The van der Waals surface area contributed by atoms with Gasteiger partial charge in [0.2, 0.25) is 0 Å². The molecule has 1 aliphatic carbocycles. The second kappa shape index (κ2) is 5.65. The lowest BCUT2D eigenvalue weighted by Crippen LogP contribution is -2.40. The number of pyridine rings is 1. The average Bonchev–Trinajstić information content (AvgIpc) is 2.84. The number of aliphatic hydroxyl groups is 1. The van der Waals surface area contributed by atoms with Crippen LogP contribution in [-0.4, -0.2) is 45.3 Å². The molecule has 0 saturated heterocycles. The van der Waals surface area contributed by atoms with Gasteiger partial charge in [0.1, 0.15) is 17.6 Å². The summed E-state index contributed by atoms with van der Waals surface area (Å²) in [5.74, 6) is -1.17. The molecule has 0 aliphatic heterocycles. The molecule has 0 unspecified atom stereocenters. The average molecular weight is 295 g/mol. The molecule has 1 saturated carbocycles. The first-order chi connectivity index (χ1) is 9.82. The zero-order chi connectivity index (χ0) is 15.6. The number of aromatic nitrogens is 1. The fourth-order valence-electron chi connectivity index (χ4n) is 2.72. The lowest BCUT2D eigenvalue weighted by molar-refractivity contribution is -0.385. The summed E-state index contributed by atoms with van der Waals surface area (Å²) in [4.78, 5) is 26.7. The van der Waals surface area contributed by atoms with E-state index < -0.39 is 16.5 Å². The molecular weight excluding hydrogens is 278 g/mol. The van der Waals surface area contributed by atoms with Crippen LogP contribution in [0.3, 0.4) is 0 Å². The lowest BCUT2D eigenvalue weighted by atomic mass is 10.0. The zero-order valence-electron chi connectivity index (χ0n) is 11.7. The Kier molecular flexibility index (Phi) is 4.08. The highest BCUT2D eigenvalue weighted by Gasteiger charge is 2.33. The fourth-order valence-corrected chi connectivity index (χ4v) is 2.72. The summed E-state index contributed by atoms with van der Waals surface area (Å²) >= 11 is 0. The van der Waals surface area contributed by atoms with Gasteiger partial charge in [0.25, 0.3) is 5.69 Å². The van der Waals surface area contributed by atoms with E-state index in [-0.39, 0.29) is 23.6 Å². The van der Waals surface area contributed by atoms with Crippen molar-refractivity contribution in [3.05, 3.63) is 27.9 Å². The molecule has 1 aliphatic rings. The molecule has 2 N–H and O–H groups in total. The number of rotatable bonds is 5. The van der Waals surface area contributed by atoms with Crippen molar-refractivity contribution in [2.24, 2.45) is 0 Å². The van der Waals surface area contributed by atoms with Crippen molar-refractivity contribution in [3.8, 4) is 0 Å². The van der Waals surface area contributed by atoms with Crippen LogP contribution in [0.2, 0.25) is 0 Å². The largest absolute Gasteiger partial charge is 0.478 e. The summed E-state index contributed by atoms with van der Waals surface area (Å²) in [5.41, 5.74) is -1.47. The number of carboxylic acids is 1. The van der Waals surface area contributed by atoms with Gasteiger partial charge in [-0.2, -0.15) is 0 Å². The molecule has 8 nitrogen and oxygen atoms in total. The Balaban J connectivity index is 2.29. The maximum Gasteiger partial charge on any atom is 0.339 e. The molecule has 1 aromatic heterocycles. The van der Waals surface area contributed by atoms with E-state index in [1.54, 1.807) is 11.9 Å². The maximum absolute atomic E-state index is 11.3. The van der Waals surface area contributed by atoms with Crippen LogP contribution in [0.4, 0.5) is 11.5 Å². The van der Waals surface area contributed by atoms with Gasteiger partial charge in [0.15, 0.2) is 0 Å². The van der Waals surface area contributed by atoms with Crippen LogP contribution >= 0.6 is 0 Å². The van der Waals surface area contributed by atoms with Crippen LogP contribution in [-0.2, 0) is 0 Å². The van der Waals surface area contributed by atoms with Crippen LogP contribution < -0.4 is 4.90 Å². The van der Waals surface area contributed by atoms with Crippen LogP contribution in [0.25, 0.3) is 0 Å². The maximum atomic E-state index is 11.3. The highest BCUT2D eigenvalue weighted by atomic mass is 16.6. The summed E-state index contributed by atoms with van der Waals surface area (Å²) in [7, 11) is 1.62. The van der Waals surface area contributed by atoms with Crippen molar-refractivity contribution >= 4 is 17.5 Å². The smallest absolute Gasteiger partial charge is 0.339 e. The normalized spacial score (nSPS) is 16.7. The molecule has 114 valence electrons. The van der Waals surface area contributed by atoms with Gasteiger partial charge >= 0.3 is 5.97 Å². The molecule has 8 heteroatoms. The van der Waals surface area contributed by atoms with Gasteiger partial charge in [0.05, 0.1) is 10.5 Å². The number of anilines is 1. The molecule has 0 bridgehead atoms. The zero-order valence-corrected chi connectivity index (χ0v) is 11.7. The third-order valence-electron chi connectivity index (χ3n) is 3.72. The Labute approximate surface area is 121 Å². The molecule has 1 aromatic rings. The fraction of sp³-hybridized carbons (Fsp3) is 0.538. The molecule has 2 rings (SSSR count). The Morgan fingerprint density at radius 3 is 2.67 bits per heavy atom. The van der Waals surface area contributed by atoms with Gasteiger partial charge in [0, 0.05) is 19.7 Å². The number of hydrogen-bond acceptors (Lipinski definition) is 6. The first-order valence-electron chi connectivity index (χ1n) is 6.64. The van der Waals surface area contributed by atoms with Crippen LogP contribution in [0, 0.1) is 10.1 Å². The summed E-state index contributed by atoms with van der Waals surface area (Å²) in [6, 6.07) is 0.986. The van der Waals surface area contributed by atoms with Gasteiger partial charge in [-0.3, -0.25) is 10.1 Å². The second-order valence-corrected chi connectivity index (χ2v) is 5.41. The molecule has 21 heavy (non-hydrogen) atoms. The van der Waals surface area contributed by atoms with E-state index >= 15 is 0 Å². The summed E-state index contributed by atoms with van der Waals surface area (Å²) in [5, 5.41) is 30.3. The monoisotopic (exact) mass is 295 g/mol. The Morgan fingerprint density at radius 2 is 2.14 bits per heavy atom. The van der Waals surface area contributed by atoms with Crippen molar-refractivity contribution in [1.29, 1.82) is 0 Å². The number of carbonyl (C=O) groups is 1. The number of carboxylic acid groups (broad SMARTS) is 1. The molecule has 0 amide bonds. The van der Waals surface area contributed by atoms with Crippen molar-refractivity contribution in [2.45, 2.75) is 31.3 Å². The third-order valence-corrected chi connectivity index (χ3v) is 3.72. The van der Waals surface area contributed by atoms with Gasteiger partial charge in [-0.1, -0.05) is 12.8 Å². The molecule has 0 atom stereocenters. The predicted octanol–water partition coefficient (Wildman–Crippen LogP) is 1.43. The lowest BCUT2D eigenvalue weighted by Gasteiger charge is -2.29. The second-order valence-electron chi connectivity index (χ2n) is 5.41. The highest BCUT2D eigenvalue weighted by Crippen LogP contribution is 2.31. The number of likely N-dealkylation sites (N-methyl/N-ethyl adjacent to an activating group) is 1. The first kappa shape index (κ1) is 15.2. The van der Waals surface area contributed by atoms with Gasteiger partial charge in [-0.25, -0.2) is 9.78 Å². The van der Waals surface area contributed by atoms with Crippen molar-refractivity contribution in [3.63, 3.8) is 0 Å². The standard InChI is InChI=1S/C13H17N3O5/c1-15(8-13(19)4-2-3-5-13)11-10(12(17)18)6-9(7-14-11)16(20)21/h6-7,19H,2-5,8H2,1H3,(H,17,18).